The van der Waals surface area contributed by atoms with Crippen molar-refractivity contribution in [3.63, 3.8) is 0 Å². The van der Waals surface area contributed by atoms with E-state index in [1.807, 2.05) is 6.92 Å². The molecule has 210 valence electrons. The number of alkyl carbamates (subject to hydrolysis) is 1. The third-order valence-electron chi connectivity index (χ3n) is 8.91. The molecule has 0 saturated heterocycles. The van der Waals surface area contributed by atoms with Crippen molar-refractivity contribution in [1.29, 1.82) is 0 Å². The first-order valence-corrected chi connectivity index (χ1v) is 14.9. The molecule has 0 aromatic carbocycles. The number of ether oxygens (including phenoxy) is 1. The topological polar surface area (TPSA) is 142 Å². The van der Waals surface area contributed by atoms with Gasteiger partial charge in [0.15, 0.2) is 0 Å². The Hall–Kier alpha value is -2.76. The van der Waals surface area contributed by atoms with Crippen LogP contribution in [0.5, 0.6) is 0 Å². The molecule has 39 heavy (non-hydrogen) atoms. The van der Waals surface area contributed by atoms with E-state index in [9.17, 15) is 15.0 Å². The van der Waals surface area contributed by atoms with E-state index in [0.29, 0.717) is 30.0 Å². The number of carbonyl (C=O) groups is 1. The highest BCUT2D eigenvalue weighted by atomic mass is 32.1. The standard InChI is InChI=1S/C28H38N6O4S/c1-5-7-16-8-6-9-19-21(16)32-25(39-19)20-14(3)30-26(29-13(2)15-10-11-15)34-24(20)31-18-12-17-22(33-27(36)38-4)28(17,37)23(18)35/h6,9,13,15-18,22-23,35,37H,5,7-8,10-12H2,1-4H3,(H,33,36)(H2,29,30,31,34). The molecule has 11 heteroatoms. The van der Waals surface area contributed by atoms with Crippen LogP contribution in [0.2, 0.25) is 0 Å². The van der Waals surface area contributed by atoms with Gasteiger partial charge in [-0.3, -0.25) is 0 Å². The van der Waals surface area contributed by atoms with Crippen molar-refractivity contribution in [1.82, 2.24) is 20.3 Å². The molecule has 0 radical (unpaired) electrons. The lowest BCUT2D eigenvalue weighted by atomic mass is 9.92. The van der Waals surface area contributed by atoms with Crippen LogP contribution >= 0.6 is 11.3 Å². The fraction of sp³-hybridized carbons (Fsp3) is 0.643. The second-order valence-corrected chi connectivity index (χ2v) is 12.6. The van der Waals surface area contributed by atoms with Gasteiger partial charge < -0.3 is 30.9 Å². The van der Waals surface area contributed by atoms with Crippen LogP contribution in [0.15, 0.2) is 6.08 Å². The van der Waals surface area contributed by atoms with Crippen LogP contribution in [-0.4, -0.2) is 68.2 Å². The highest BCUT2D eigenvalue weighted by Crippen LogP contribution is 2.56. The van der Waals surface area contributed by atoms with Crippen molar-refractivity contribution in [3.05, 3.63) is 22.3 Å². The van der Waals surface area contributed by atoms with E-state index < -0.39 is 29.9 Å². The number of anilines is 2. The highest BCUT2D eigenvalue weighted by Gasteiger charge is 2.75. The molecule has 0 aliphatic heterocycles. The van der Waals surface area contributed by atoms with E-state index in [1.165, 1.54) is 24.8 Å². The van der Waals surface area contributed by atoms with Crippen LogP contribution in [-0.2, 0) is 4.74 Å². The molecule has 4 aliphatic rings. The highest BCUT2D eigenvalue weighted by molar-refractivity contribution is 7.16. The molecule has 6 rings (SSSR count). The first-order chi connectivity index (χ1) is 18.7. The summed E-state index contributed by atoms with van der Waals surface area (Å²) >= 11 is 1.65. The zero-order chi connectivity index (χ0) is 27.5. The summed E-state index contributed by atoms with van der Waals surface area (Å²) in [6.07, 6.45) is 8.80. The van der Waals surface area contributed by atoms with Gasteiger partial charge in [0.1, 0.15) is 22.5 Å². The molecule has 1 amide bonds. The maximum absolute atomic E-state index is 11.7. The smallest absolute Gasteiger partial charge is 0.407 e. The summed E-state index contributed by atoms with van der Waals surface area (Å²) in [5.41, 5.74) is 1.38. The summed E-state index contributed by atoms with van der Waals surface area (Å²) in [4.78, 5) is 27.7. The number of aryl methyl sites for hydroxylation is 1. The number of fused-ring (bicyclic) bond motifs is 2. The molecule has 0 bridgehead atoms. The lowest BCUT2D eigenvalue weighted by molar-refractivity contribution is -0.00240. The third kappa shape index (κ3) is 4.68. The average molecular weight is 555 g/mol. The molecule has 2 heterocycles. The van der Waals surface area contributed by atoms with Gasteiger partial charge in [-0.1, -0.05) is 19.4 Å². The Bertz CT molecular complexity index is 1300. The third-order valence-corrected chi connectivity index (χ3v) is 9.97. The molecule has 3 saturated carbocycles. The van der Waals surface area contributed by atoms with Crippen molar-refractivity contribution in [3.8, 4) is 10.6 Å². The number of methoxy groups -OCH3 is 1. The van der Waals surface area contributed by atoms with Gasteiger partial charge in [0.05, 0.1) is 41.0 Å². The number of amides is 1. The van der Waals surface area contributed by atoms with Gasteiger partial charge in [-0.25, -0.2) is 14.8 Å². The second kappa shape index (κ2) is 10.0. The quantitative estimate of drug-likeness (QED) is 0.310. The number of aromatic nitrogens is 3. The predicted molar refractivity (Wildman–Crippen MR) is 151 cm³/mol. The van der Waals surface area contributed by atoms with E-state index in [1.54, 1.807) is 11.3 Å². The number of allylic oxidation sites excluding steroid dienone is 1. The summed E-state index contributed by atoms with van der Waals surface area (Å²) in [7, 11) is 1.28. The van der Waals surface area contributed by atoms with Crippen LogP contribution < -0.4 is 16.0 Å². The molecule has 4 aliphatic carbocycles. The number of rotatable bonds is 9. The maximum atomic E-state index is 11.7. The van der Waals surface area contributed by atoms with Crippen LogP contribution in [0.3, 0.4) is 0 Å². The van der Waals surface area contributed by atoms with Gasteiger partial charge in [0.25, 0.3) is 0 Å². The monoisotopic (exact) mass is 554 g/mol. The lowest BCUT2D eigenvalue weighted by Crippen LogP contribution is -2.46. The number of carbonyl (C=O) groups excluding carboxylic acids is 1. The molecule has 2 aromatic rings. The Kier molecular flexibility index (Phi) is 6.79. The van der Waals surface area contributed by atoms with Gasteiger partial charge in [-0.05, 0) is 57.9 Å². The lowest BCUT2D eigenvalue weighted by Gasteiger charge is -2.26. The van der Waals surface area contributed by atoms with Crippen molar-refractivity contribution in [2.75, 3.05) is 17.7 Å². The summed E-state index contributed by atoms with van der Waals surface area (Å²) in [6, 6.07) is -0.709. The summed E-state index contributed by atoms with van der Waals surface area (Å²) in [5.74, 6) is 1.92. The van der Waals surface area contributed by atoms with E-state index in [-0.39, 0.29) is 12.0 Å². The molecule has 2 aromatic heterocycles. The largest absolute Gasteiger partial charge is 0.453 e. The van der Waals surface area contributed by atoms with E-state index in [4.69, 9.17) is 15.0 Å². The van der Waals surface area contributed by atoms with E-state index in [0.717, 1.165) is 41.2 Å². The number of aliphatic hydroxyl groups is 2. The number of aliphatic hydroxyl groups excluding tert-OH is 1. The molecule has 0 spiro atoms. The number of thiazole rings is 1. The summed E-state index contributed by atoms with van der Waals surface area (Å²) in [6.45, 7) is 6.34. The number of nitrogens with zero attached hydrogens (tertiary/aromatic N) is 3. The van der Waals surface area contributed by atoms with Crippen molar-refractivity contribution in [2.24, 2.45) is 11.8 Å². The van der Waals surface area contributed by atoms with Crippen LogP contribution in [0, 0.1) is 18.8 Å². The minimum Gasteiger partial charge on any atom is -0.453 e. The SMILES string of the molecule is CCCC1CC=Cc2sc(-c3c(C)nc(NC(C)C4CC4)nc3NC3CC4C(NC(=O)OC)C4(O)C3O)nc21. The van der Waals surface area contributed by atoms with Crippen molar-refractivity contribution < 1.29 is 19.7 Å². The first-order valence-electron chi connectivity index (χ1n) is 14.1. The molecule has 7 atom stereocenters. The normalized spacial score (nSPS) is 31.3. The summed E-state index contributed by atoms with van der Waals surface area (Å²) in [5, 5.41) is 32.7. The number of hydrogen-bond acceptors (Lipinski definition) is 10. The zero-order valence-electron chi connectivity index (χ0n) is 22.9. The van der Waals surface area contributed by atoms with Gasteiger partial charge in [-0.15, -0.1) is 11.3 Å². The van der Waals surface area contributed by atoms with Gasteiger partial charge >= 0.3 is 6.09 Å². The number of nitrogens with one attached hydrogen (secondary N) is 3. The van der Waals surface area contributed by atoms with Crippen LogP contribution in [0.1, 0.15) is 74.6 Å². The molecule has 7 unspecified atom stereocenters. The Morgan fingerprint density at radius 2 is 2.10 bits per heavy atom. The zero-order valence-corrected chi connectivity index (χ0v) is 23.7. The average Bonchev–Trinajstić information content (AvgIpc) is 3.77. The molecular formula is C28H38N6O4S. The Morgan fingerprint density at radius 1 is 1.31 bits per heavy atom. The predicted octanol–water partition coefficient (Wildman–Crippen LogP) is 4.05. The minimum atomic E-state index is -1.39. The fourth-order valence-electron chi connectivity index (χ4n) is 6.47. The van der Waals surface area contributed by atoms with Gasteiger partial charge in [0.2, 0.25) is 5.95 Å². The molecular weight excluding hydrogens is 516 g/mol. The van der Waals surface area contributed by atoms with Gasteiger partial charge in [0, 0.05) is 17.9 Å². The minimum absolute atomic E-state index is 0.268. The van der Waals surface area contributed by atoms with Gasteiger partial charge in [-0.2, -0.15) is 4.98 Å². The molecule has 10 nitrogen and oxygen atoms in total. The van der Waals surface area contributed by atoms with Crippen LogP contribution in [0.4, 0.5) is 16.6 Å². The van der Waals surface area contributed by atoms with E-state index >= 15 is 0 Å². The Labute approximate surface area is 232 Å². The van der Waals surface area contributed by atoms with Crippen molar-refractivity contribution >= 4 is 35.3 Å². The maximum Gasteiger partial charge on any atom is 0.407 e. The molecule has 5 N–H and O–H groups in total. The first kappa shape index (κ1) is 26.5. The van der Waals surface area contributed by atoms with Crippen molar-refractivity contribution in [2.45, 2.75) is 95.0 Å². The summed E-state index contributed by atoms with van der Waals surface area (Å²) < 4.78 is 4.68. The number of hydrogen-bond donors (Lipinski definition) is 5. The second-order valence-electron chi connectivity index (χ2n) is 11.6. The van der Waals surface area contributed by atoms with E-state index in [2.05, 4.69) is 46.7 Å². The fourth-order valence-corrected chi connectivity index (χ4v) is 7.65. The van der Waals surface area contributed by atoms with Crippen LogP contribution in [0.25, 0.3) is 16.6 Å². The Balaban J connectivity index is 1.31. The Morgan fingerprint density at radius 3 is 2.77 bits per heavy atom. The molecule has 3 fully saturated rings.